The molecule has 2 aromatic rings. The van der Waals surface area contributed by atoms with E-state index in [0.29, 0.717) is 16.4 Å². The third-order valence-corrected chi connectivity index (χ3v) is 3.82. The molecule has 0 aromatic carbocycles. The van der Waals surface area contributed by atoms with E-state index in [1.165, 1.54) is 18.3 Å². The van der Waals surface area contributed by atoms with Crippen molar-refractivity contribution in [3.05, 3.63) is 35.5 Å². The minimum atomic E-state index is -4.53. The third-order valence-electron chi connectivity index (χ3n) is 2.90. The van der Waals surface area contributed by atoms with Gasteiger partial charge in [0.15, 0.2) is 6.10 Å². The second kappa shape index (κ2) is 8.06. The molecule has 1 atom stereocenters. The average molecular weight is 373 g/mol. The number of alkyl halides is 3. The SMILES string of the molecule is C[C@H](OC(=O)Cc1csc(-c2ccccn2)n1)C(=O)NCC(F)(F)F. The van der Waals surface area contributed by atoms with Gasteiger partial charge in [0.05, 0.1) is 17.8 Å². The molecule has 0 fully saturated rings. The van der Waals surface area contributed by atoms with E-state index in [0.717, 1.165) is 0 Å². The Kier molecular flexibility index (Phi) is 6.07. The van der Waals surface area contributed by atoms with Crippen LogP contribution in [0.5, 0.6) is 0 Å². The fraction of sp³-hybridized carbons (Fsp3) is 0.333. The largest absolute Gasteiger partial charge is 0.452 e. The number of ether oxygens (including phenoxy) is 1. The topological polar surface area (TPSA) is 81.2 Å². The van der Waals surface area contributed by atoms with Crippen LogP contribution < -0.4 is 5.32 Å². The molecular weight excluding hydrogens is 359 g/mol. The highest BCUT2D eigenvalue weighted by Crippen LogP contribution is 2.21. The Morgan fingerprint density at radius 1 is 1.36 bits per heavy atom. The Hall–Kier alpha value is -2.49. The molecule has 1 amide bonds. The predicted molar refractivity (Wildman–Crippen MR) is 83.7 cm³/mol. The van der Waals surface area contributed by atoms with E-state index in [-0.39, 0.29) is 6.42 Å². The van der Waals surface area contributed by atoms with Crippen molar-refractivity contribution in [2.24, 2.45) is 0 Å². The zero-order valence-electron chi connectivity index (χ0n) is 13.0. The van der Waals surface area contributed by atoms with E-state index in [1.54, 1.807) is 35.1 Å². The standard InChI is InChI=1S/C15H14F3N3O3S/c1-9(13(23)20-8-15(16,17)18)24-12(22)6-10-7-25-14(21-10)11-4-2-3-5-19-11/h2-5,7,9H,6,8H2,1H3,(H,20,23)/t9-/m0/s1. The molecule has 0 saturated heterocycles. The fourth-order valence-corrected chi connectivity index (χ4v) is 2.56. The molecule has 0 radical (unpaired) electrons. The molecule has 0 spiro atoms. The van der Waals surface area contributed by atoms with Gasteiger partial charge >= 0.3 is 12.1 Å². The van der Waals surface area contributed by atoms with Crippen molar-refractivity contribution in [3.63, 3.8) is 0 Å². The van der Waals surface area contributed by atoms with Gasteiger partial charge in [-0.25, -0.2) is 4.98 Å². The summed E-state index contributed by atoms with van der Waals surface area (Å²) in [4.78, 5) is 31.6. The number of hydrogen-bond donors (Lipinski definition) is 1. The Morgan fingerprint density at radius 2 is 2.12 bits per heavy atom. The van der Waals surface area contributed by atoms with Crippen molar-refractivity contribution in [1.82, 2.24) is 15.3 Å². The van der Waals surface area contributed by atoms with Gasteiger partial charge in [0, 0.05) is 11.6 Å². The van der Waals surface area contributed by atoms with Gasteiger partial charge in [0.1, 0.15) is 11.6 Å². The van der Waals surface area contributed by atoms with Crippen LogP contribution in [0.4, 0.5) is 13.2 Å². The van der Waals surface area contributed by atoms with E-state index in [4.69, 9.17) is 4.74 Å². The number of pyridine rings is 1. The van der Waals surface area contributed by atoms with Crippen molar-refractivity contribution < 1.29 is 27.5 Å². The number of nitrogens with one attached hydrogen (secondary N) is 1. The normalized spacial score (nSPS) is 12.5. The van der Waals surface area contributed by atoms with Crippen LogP contribution in [-0.2, 0) is 20.7 Å². The Labute approximate surface area is 145 Å². The van der Waals surface area contributed by atoms with E-state index in [1.807, 2.05) is 0 Å². The molecule has 2 heterocycles. The summed E-state index contributed by atoms with van der Waals surface area (Å²) in [6.45, 7) is -0.281. The molecule has 0 aliphatic carbocycles. The first-order valence-corrected chi connectivity index (χ1v) is 8.02. The number of aromatic nitrogens is 2. The summed E-state index contributed by atoms with van der Waals surface area (Å²) in [5, 5.41) is 3.93. The van der Waals surface area contributed by atoms with E-state index in [2.05, 4.69) is 9.97 Å². The number of nitrogens with zero attached hydrogens (tertiary/aromatic N) is 2. The molecule has 0 aliphatic rings. The number of amides is 1. The lowest BCUT2D eigenvalue weighted by Gasteiger charge is -2.14. The molecule has 0 aliphatic heterocycles. The molecule has 1 N–H and O–H groups in total. The number of rotatable bonds is 6. The summed E-state index contributed by atoms with van der Waals surface area (Å²) in [5.74, 6) is -1.77. The summed E-state index contributed by atoms with van der Waals surface area (Å²) in [7, 11) is 0. The van der Waals surface area contributed by atoms with Crippen molar-refractivity contribution in [2.45, 2.75) is 25.6 Å². The van der Waals surface area contributed by atoms with Crippen LogP contribution in [0, 0.1) is 0 Å². The molecule has 10 heteroatoms. The van der Waals surface area contributed by atoms with Gasteiger partial charge in [-0.2, -0.15) is 13.2 Å². The van der Waals surface area contributed by atoms with Crippen molar-refractivity contribution in [2.75, 3.05) is 6.54 Å². The van der Waals surface area contributed by atoms with Gasteiger partial charge in [-0.05, 0) is 19.1 Å². The zero-order chi connectivity index (χ0) is 18.4. The Balaban J connectivity index is 1.86. The lowest BCUT2D eigenvalue weighted by Crippen LogP contribution is -2.40. The maximum atomic E-state index is 12.0. The first-order valence-electron chi connectivity index (χ1n) is 7.14. The predicted octanol–water partition coefficient (Wildman–Crippen LogP) is 2.36. The highest BCUT2D eigenvalue weighted by Gasteiger charge is 2.29. The Morgan fingerprint density at radius 3 is 2.76 bits per heavy atom. The molecule has 2 rings (SSSR count). The van der Waals surface area contributed by atoms with E-state index in [9.17, 15) is 22.8 Å². The summed E-state index contributed by atoms with van der Waals surface area (Å²) in [6, 6.07) is 5.34. The zero-order valence-corrected chi connectivity index (χ0v) is 13.9. The Bertz CT molecular complexity index is 734. The van der Waals surface area contributed by atoms with Crippen molar-refractivity contribution >= 4 is 23.2 Å². The van der Waals surface area contributed by atoms with Crippen LogP contribution >= 0.6 is 11.3 Å². The van der Waals surface area contributed by atoms with Gasteiger partial charge in [-0.15, -0.1) is 11.3 Å². The summed E-state index contributed by atoms with van der Waals surface area (Å²) < 4.78 is 40.9. The maximum absolute atomic E-state index is 12.0. The lowest BCUT2D eigenvalue weighted by molar-refractivity contribution is -0.157. The summed E-state index contributed by atoms with van der Waals surface area (Å²) in [6.07, 6.45) is -4.43. The van der Waals surface area contributed by atoms with E-state index >= 15 is 0 Å². The monoisotopic (exact) mass is 373 g/mol. The average Bonchev–Trinajstić information content (AvgIpc) is 3.01. The van der Waals surface area contributed by atoms with Crippen molar-refractivity contribution in [1.29, 1.82) is 0 Å². The number of thiazole rings is 1. The first kappa shape index (κ1) is 18.8. The van der Waals surface area contributed by atoms with Crippen LogP contribution in [0.2, 0.25) is 0 Å². The molecular formula is C15H14F3N3O3S. The lowest BCUT2D eigenvalue weighted by atomic mass is 10.3. The van der Waals surface area contributed by atoms with Gasteiger partial charge in [-0.3, -0.25) is 14.6 Å². The molecule has 2 aromatic heterocycles. The highest BCUT2D eigenvalue weighted by molar-refractivity contribution is 7.13. The van der Waals surface area contributed by atoms with Gasteiger partial charge in [-0.1, -0.05) is 6.07 Å². The molecule has 0 saturated carbocycles. The van der Waals surface area contributed by atoms with Crippen LogP contribution in [0.1, 0.15) is 12.6 Å². The number of carbonyl (C=O) groups excluding carboxylic acids is 2. The maximum Gasteiger partial charge on any atom is 0.405 e. The molecule has 6 nitrogen and oxygen atoms in total. The van der Waals surface area contributed by atoms with Gasteiger partial charge in [0.25, 0.3) is 5.91 Å². The van der Waals surface area contributed by atoms with Gasteiger partial charge in [0.2, 0.25) is 0 Å². The van der Waals surface area contributed by atoms with Crippen LogP contribution in [-0.4, -0.2) is 40.7 Å². The highest BCUT2D eigenvalue weighted by atomic mass is 32.1. The first-order chi connectivity index (χ1) is 11.7. The molecule has 25 heavy (non-hydrogen) atoms. The van der Waals surface area contributed by atoms with E-state index < -0.39 is 30.7 Å². The number of halogens is 3. The van der Waals surface area contributed by atoms with Crippen LogP contribution in [0.25, 0.3) is 10.7 Å². The smallest absolute Gasteiger partial charge is 0.405 e. The fourth-order valence-electron chi connectivity index (χ4n) is 1.77. The molecule has 134 valence electrons. The molecule has 0 bridgehead atoms. The minimum Gasteiger partial charge on any atom is -0.452 e. The quantitative estimate of drug-likeness (QED) is 0.786. The second-order valence-corrected chi connectivity index (χ2v) is 5.86. The van der Waals surface area contributed by atoms with Gasteiger partial charge < -0.3 is 10.1 Å². The minimum absolute atomic E-state index is 0.194. The van der Waals surface area contributed by atoms with Crippen LogP contribution in [0.3, 0.4) is 0 Å². The number of esters is 1. The number of hydrogen-bond acceptors (Lipinski definition) is 6. The third kappa shape index (κ3) is 6.14. The summed E-state index contributed by atoms with van der Waals surface area (Å²) >= 11 is 1.29. The van der Waals surface area contributed by atoms with Crippen molar-refractivity contribution in [3.8, 4) is 10.7 Å². The number of carbonyl (C=O) groups is 2. The molecule has 0 unspecified atom stereocenters. The second-order valence-electron chi connectivity index (χ2n) is 5.00. The van der Waals surface area contributed by atoms with Crippen LogP contribution in [0.15, 0.2) is 29.8 Å². The summed E-state index contributed by atoms with van der Waals surface area (Å²) in [5.41, 5.74) is 1.09.